The van der Waals surface area contributed by atoms with E-state index >= 15 is 0 Å². The van der Waals surface area contributed by atoms with Crippen LogP contribution in [0.4, 0.5) is 4.39 Å². The van der Waals surface area contributed by atoms with E-state index in [0.29, 0.717) is 17.7 Å². The monoisotopic (exact) mass is 211 g/mol. The minimum absolute atomic E-state index is 0.164. The van der Waals surface area contributed by atoms with Gasteiger partial charge >= 0.3 is 0 Å². The van der Waals surface area contributed by atoms with Crippen LogP contribution in [0.3, 0.4) is 0 Å². The van der Waals surface area contributed by atoms with E-state index in [0.717, 1.165) is 0 Å². The number of ether oxygens (including phenoxy) is 1. The molecule has 4 heteroatoms. The van der Waals surface area contributed by atoms with Gasteiger partial charge in [0.15, 0.2) is 17.3 Å². The molecule has 0 aliphatic rings. The van der Waals surface area contributed by atoms with Crippen molar-refractivity contribution in [2.75, 3.05) is 13.7 Å². The average molecular weight is 211 g/mol. The molecule has 0 amide bonds. The Bertz CT molecular complexity index is 389. The summed E-state index contributed by atoms with van der Waals surface area (Å²) in [4.78, 5) is 0. The maximum absolute atomic E-state index is 13.5. The molecular weight excluding hydrogens is 197 g/mol. The van der Waals surface area contributed by atoms with Crippen molar-refractivity contribution in [1.29, 1.82) is 0 Å². The van der Waals surface area contributed by atoms with Gasteiger partial charge in [0, 0.05) is 12.1 Å². The maximum Gasteiger partial charge on any atom is 0.195 e. The molecule has 3 N–H and O–H groups in total. The quantitative estimate of drug-likeness (QED) is 0.801. The van der Waals surface area contributed by atoms with Crippen molar-refractivity contribution in [2.24, 2.45) is 5.73 Å². The summed E-state index contributed by atoms with van der Waals surface area (Å²) in [5, 5.41) is 9.49. The van der Waals surface area contributed by atoms with E-state index in [2.05, 4.69) is 0 Å². The predicted octanol–water partition coefficient (Wildman–Crippen LogP) is 1.82. The summed E-state index contributed by atoms with van der Waals surface area (Å²) in [6.07, 6.45) is 3.14. The Morgan fingerprint density at radius 3 is 2.80 bits per heavy atom. The molecule has 0 aliphatic carbocycles. The highest BCUT2D eigenvalue weighted by Gasteiger charge is 2.14. The molecule has 82 valence electrons. The molecule has 0 bridgehead atoms. The zero-order valence-electron chi connectivity index (χ0n) is 8.75. The SMILES string of the molecule is COc1c(C)cc(/C=C/CN)c(F)c1O. The fraction of sp³-hybridized carbons (Fsp3) is 0.273. The molecule has 0 heterocycles. The summed E-state index contributed by atoms with van der Waals surface area (Å²) in [7, 11) is 1.39. The number of hydrogen-bond donors (Lipinski definition) is 2. The number of methoxy groups -OCH3 is 1. The standard InChI is InChI=1S/C11H14FNO2/c1-7-6-8(4-3-5-13)9(12)10(14)11(7)15-2/h3-4,6,14H,5,13H2,1-2H3/b4-3+. The first-order valence-corrected chi connectivity index (χ1v) is 4.54. The van der Waals surface area contributed by atoms with Crippen LogP contribution in [0.15, 0.2) is 12.1 Å². The molecule has 0 atom stereocenters. The number of aryl methyl sites for hydroxylation is 1. The number of nitrogens with two attached hydrogens (primary N) is 1. The van der Waals surface area contributed by atoms with Crippen LogP contribution in [0, 0.1) is 12.7 Å². The molecule has 15 heavy (non-hydrogen) atoms. The third kappa shape index (κ3) is 2.27. The fourth-order valence-corrected chi connectivity index (χ4v) is 1.36. The van der Waals surface area contributed by atoms with E-state index in [-0.39, 0.29) is 5.75 Å². The minimum Gasteiger partial charge on any atom is -0.502 e. The van der Waals surface area contributed by atoms with Crippen molar-refractivity contribution in [1.82, 2.24) is 0 Å². The summed E-state index contributed by atoms with van der Waals surface area (Å²) in [5.74, 6) is -0.992. The van der Waals surface area contributed by atoms with Gasteiger partial charge in [-0.05, 0) is 18.6 Å². The summed E-state index contributed by atoms with van der Waals surface area (Å²) in [6, 6.07) is 1.60. The molecule has 0 unspecified atom stereocenters. The third-order valence-corrected chi connectivity index (χ3v) is 2.04. The lowest BCUT2D eigenvalue weighted by molar-refractivity contribution is 0.354. The van der Waals surface area contributed by atoms with Crippen molar-refractivity contribution in [3.8, 4) is 11.5 Å². The lowest BCUT2D eigenvalue weighted by Gasteiger charge is -2.09. The van der Waals surface area contributed by atoms with Crippen LogP contribution in [0.2, 0.25) is 0 Å². The first-order valence-electron chi connectivity index (χ1n) is 4.54. The van der Waals surface area contributed by atoms with Crippen LogP contribution in [0.1, 0.15) is 11.1 Å². The summed E-state index contributed by atoms with van der Waals surface area (Å²) >= 11 is 0. The van der Waals surface area contributed by atoms with E-state index < -0.39 is 11.6 Å². The van der Waals surface area contributed by atoms with Crippen LogP contribution in [-0.2, 0) is 0 Å². The Labute approximate surface area is 88.0 Å². The van der Waals surface area contributed by atoms with Gasteiger partial charge in [0.2, 0.25) is 0 Å². The van der Waals surface area contributed by atoms with Gasteiger partial charge in [0.1, 0.15) is 0 Å². The molecule has 0 aromatic heterocycles. The van der Waals surface area contributed by atoms with E-state index in [9.17, 15) is 9.50 Å². The van der Waals surface area contributed by atoms with Crippen molar-refractivity contribution in [2.45, 2.75) is 6.92 Å². The minimum atomic E-state index is -0.692. The second-order valence-electron chi connectivity index (χ2n) is 3.12. The number of halogens is 1. The normalized spacial score (nSPS) is 10.9. The van der Waals surface area contributed by atoms with Gasteiger partial charge in [-0.15, -0.1) is 0 Å². The second-order valence-corrected chi connectivity index (χ2v) is 3.12. The van der Waals surface area contributed by atoms with Gasteiger partial charge in [-0.3, -0.25) is 0 Å². The summed E-state index contributed by atoms with van der Waals surface area (Å²) in [5.41, 5.74) is 6.24. The van der Waals surface area contributed by atoms with Gasteiger partial charge < -0.3 is 15.6 Å². The average Bonchev–Trinajstić information content (AvgIpc) is 2.22. The predicted molar refractivity (Wildman–Crippen MR) is 57.4 cm³/mol. The Morgan fingerprint density at radius 2 is 2.27 bits per heavy atom. The second kappa shape index (κ2) is 4.79. The van der Waals surface area contributed by atoms with Crippen molar-refractivity contribution in [3.63, 3.8) is 0 Å². The topological polar surface area (TPSA) is 55.5 Å². The Morgan fingerprint density at radius 1 is 1.60 bits per heavy atom. The first-order chi connectivity index (χ1) is 7.11. The van der Waals surface area contributed by atoms with Crippen LogP contribution < -0.4 is 10.5 Å². The van der Waals surface area contributed by atoms with Crippen LogP contribution in [-0.4, -0.2) is 18.8 Å². The third-order valence-electron chi connectivity index (χ3n) is 2.04. The summed E-state index contributed by atoms with van der Waals surface area (Å²) in [6.45, 7) is 2.06. The largest absolute Gasteiger partial charge is 0.502 e. The number of phenolic OH excluding ortho intramolecular Hbond substituents is 1. The maximum atomic E-state index is 13.5. The lowest BCUT2D eigenvalue weighted by atomic mass is 10.1. The van der Waals surface area contributed by atoms with Crippen LogP contribution in [0.5, 0.6) is 11.5 Å². The number of aromatic hydroxyl groups is 1. The molecule has 0 aliphatic heterocycles. The van der Waals surface area contributed by atoms with Gasteiger partial charge in [-0.25, -0.2) is 4.39 Å². The number of rotatable bonds is 3. The van der Waals surface area contributed by atoms with Crippen molar-refractivity contribution < 1.29 is 14.2 Å². The lowest BCUT2D eigenvalue weighted by Crippen LogP contribution is -1.95. The highest BCUT2D eigenvalue weighted by molar-refractivity contribution is 5.59. The van der Waals surface area contributed by atoms with E-state index in [1.54, 1.807) is 19.1 Å². The zero-order valence-corrected chi connectivity index (χ0v) is 8.75. The molecule has 0 saturated heterocycles. The van der Waals surface area contributed by atoms with Gasteiger partial charge in [-0.1, -0.05) is 12.2 Å². The van der Waals surface area contributed by atoms with Crippen molar-refractivity contribution in [3.05, 3.63) is 29.1 Å². The molecular formula is C11H14FNO2. The molecule has 1 aromatic rings. The molecule has 0 saturated carbocycles. The van der Waals surface area contributed by atoms with Crippen molar-refractivity contribution >= 4 is 6.08 Å². The molecule has 1 rings (SSSR count). The number of hydrogen-bond acceptors (Lipinski definition) is 3. The van der Waals surface area contributed by atoms with E-state index in [4.69, 9.17) is 10.5 Å². The Hall–Kier alpha value is -1.55. The summed E-state index contributed by atoms with van der Waals surface area (Å²) < 4.78 is 18.4. The highest BCUT2D eigenvalue weighted by atomic mass is 19.1. The zero-order chi connectivity index (χ0) is 11.4. The Balaban J connectivity index is 3.27. The number of benzene rings is 1. The molecule has 1 aromatic carbocycles. The first kappa shape index (κ1) is 11.5. The molecule has 0 spiro atoms. The van der Waals surface area contributed by atoms with Gasteiger partial charge in [-0.2, -0.15) is 0 Å². The number of phenols is 1. The molecule has 0 fully saturated rings. The van der Waals surface area contributed by atoms with E-state index in [1.807, 2.05) is 0 Å². The fourth-order valence-electron chi connectivity index (χ4n) is 1.36. The van der Waals surface area contributed by atoms with Crippen LogP contribution in [0.25, 0.3) is 6.08 Å². The Kier molecular flexibility index (Phi) is 3.68. The molecule has 0 radical (unpaired) electrons. The highest BCUT2D eigenvalue weighted by Crippen LogP contribution is 2.34. The van der Waals surface area contributed by atoms with Gasteiger partial charge in [0.05, 0.1) is 7.11 Å². The van der Waals surface area contributed by atoms with Gasteiger partial charge in [0.25, 0.3) is 0 Å². The van der Waals surface area contributed by atoms with Crippen LogP contribution >= 0.6 is 0 Å². The molecule has 3 nitrogen and oxygen atoms in total. The smallest absolute Gasteiger partial charge is 0.195 e. The van der Waals surface area contributed by atoms with E-state index in [1.165, 1.54) is 13.2 Å².